The molecule has 1 aliphatic rings. The first-order chi connectivity index (χ1) is 11.0. The van der Waals surface area contributed by atoms with Crippen LogP contribution in [0.4, 0.5) is 0 Å². The number of carbonyl (C=O) groups is 1. The molecule has 23 heavy (non-hydrogen) atoms. The number of rotatable bonds is 5. The fourth-order valence-corrected chi connectivity index (χ4v) is 4.33. The first kappa shape index (κ1) is 16.4. The lowest BCUT2D eigenvalue weighted by Crippen LogP contribution is -2.34. The minimum Gasteiger partial charge on any atom is -0.348 e. The number of amides is 1. The van der Waals surface area contributed by atoms with Gasteiger partial charge in [0.15, 0.2) is 0 Å². The number of halogens is 1. The van der Waals surface area contributed by atoms with E-state index in [1.165, 1.54) is 35.0 Å². The predicted octanol–water partition coefficient (Wildman–Crippen LogP) is 4.39. The lowest BCUT2D eigenvalue weighted by molar-refractivity contribution is -0.117. The van der Waals surface area contributed by atoms with Gasteiger partial charge in [-0.3, -0.25) is 4.79 Å². The summed E-state index contributed by atoms with van der Waals surface area (Å²) >= 11 is 6.25. The van der Waals surface area contributed by atoms with E-state index in [1.54, 1.807) is 4.90 Å². The van der Waals surface area contributed by atoms with Crippen molar-refractivity contribution in [3.63, 3.8) is 0 Å². The van der Waals surface area contributed by atoms with E-state index in [-0.39, 0.29) is 5.41 Å². The molecular formula is C19H25ClN2O. The van der Waals surface area contributed by atoms with Crippen molar-refractivity contribution in [1.82, 2.24) is 9.47 Å². The number of aryl methyl sites for hydroxylation is 2. The van der Waals surface area contributed by atoms with Crippen molar-refractivity contribution in [3.05, 3.63) is 34.5 Å². The summed E-state index contributed by atoms with van der Waals surface area (Å²) in [5.74, 6) is 0. The summed E-state index contributed by atoms with van der Waals surface area (Å²) in [4.78, 5) is 12.7. The number of hydrogen-bond donors (Lipinski definition) is 0. The van der Waals surface area contributed by atoms with Gasteiger partial charge in [0.1, 0.15) is 0 Å². The number of aromatic nitrogens is 1. The molecule has 0 radical (unpaired) electrons. The Kier molecular flexibility index (Phi) is 4.41. The average molecular weight is 333 g/mol. The Morgan fingerprint density at radius 3 is 2.91 bits per heavy atom. The number of carbonyl (C=O) groups excluding carboxylic acids is 1. The van der Waals surface area contributed by atoms with Crippen LogP contribution in [0.3, 0.4) is 0 Å². The molecule has 3 nitrogen and oxygen atoms in total. The van der Waals surface area contributed by atoms with E-state index < -0.39 is 0 Å². The van der Waals surface area contributed by atoms with Crippen molar-refractivity contribution in [1.29, 1.82) is 0 Å². The van der Waals surface area contributed by atoms with Gasteiger partial charge in [-0.25, -0.2) is 0 Å². The lowest BCUT2D eigenvalue weighted by Gasteiger charge is -2.36. The highest BCUT2D eigenvalue weighted by Gasteiger charge is 2.36. The van der Waals surface area contributed by atoms with Crippen molar-refractivity contribution in [2.45, 2.75) is 51.5 Å². The SMILES string of the molecule is CCn1c2c(c3cc(Cl)ccc31)CCCC2(C)CCN(C)C=O. The zero-order chi connectivity index (χ0) is 16.6. The highest BCUT2D eigenvalue weighted by Crippen LogP contribution is 2.44. The number of hydrogen-bond acceptors (Lipinski definition) is 1. The second-order valence-electron chi connectivity index (χ2n) is 6.98. The summed E-state index contributed by atoms with van der Waals surface area (Å²) in [7, 11) is 1.86. The molecular weight excluding hydrogens is 308 g/mol. The molecule has 1 heterocycles. The van der Waals surface area contributed by atoms with E-state index in [4.69, 9.17) is 11.6 Å². The maximum absolute atomic E-state index is 10.9. The van der Waals surface area contributed by atoms with Crippen molar-refractivity contribution in [2.75, 3.05) is 13.6 Å². The zero-order valence-corrected chi connectivity index (χ0v) is 15.0. The molecule has 1 unspecified atom stereocenters. The van der Waals surface area contributed by atoms with Crippen molar-refractivity contribution in [3.8, 4) is 0 Å². The molecule has 3 rings (SSSR count). The molecule has 0 fully saturated rings. The van der Waals surface area contributed by atoms with Gasteiger partial charge in [-0.05, 0) is 56.4 Å². The van der Waals surface area contributed by atoms with Gasteiger partial charge in [0.2, 0.25) is 6.41 Å². The lowest BCUT2D eigenvalue weighted by atomic mass is 9.72. The number of benzene rings is 1. The van der Waals surface area contributed by atoms with Gasteiger partial charge in [0.25, 0.3) is 0 Å². The van der Waals surface area contributed by atoms with Crippen molar-refractivity contribution in [2.24, 2.45) is 0 Å². The molecule has 0 aliphatic heterocycles. The monoisotopic (exact) mass is 332 g/mol. The molecule has 1 aromatic heterocycles. The first-order valence-electron chi connectivity index (χ1n) is 8.47. The minimum absolute atomic E-state index is 0.117. The fraction of sp³-hybridized carbons (Fsp3) is 0.526. The van der Waals surface area contributed by atoms with Gasteiger partial charge >= 0.3 is 0 Å². The highest BCUT2D eigenvalue weighted by molar-refractivity contribution is 6.31. The van der Waals surface area contributed by atoms with Crippen molar-refractivity contribution < 1.29 is 4.79 Å². The molecule has 1 atom stereocenters. The normalized spacial score (nSPS) is 20.5. The zero-order valence-electron chi connectivity index (χ0n) is 14.2. The van der Waals surface area contributed by atoms with Crippen LogP contribution >= 0.6 is 11.6 Å². The number of fused-ring (bicyclic) bond motifs is 3. The van der Waals surface area contributed by atoms with Crippen LogP contribution in [0, 0.1) is 0 Å². The Balaban J connectivity index is 2.13. The predicted molar refractivity (Wildman–Crippen MR) is 96.2 cm³/mol. The Hall–Kier alpha value is -1.48. The Labute approximate surface area is 143 Å². The van der Waals surface area contributed by atoms with Crippen LogP contribution < -0.4 is 0 Å². The number of nitrogens with zero attached hydrogens (tertiary/aromatic N) is 2. The van der Waals surface area contributed by atoms with Crippen LogP contribution in [-0.2, 0) is 23.2 Å². The quantitative estimate of drug-likeness (QED) is 0.745. The molecule has 1 amide bonds. The molecule has 0 saturated heterocycles. The molecule has 1 aromatic carbocycles. The molecule has 124 valence electrons. The van der Waals surface area contributed by atoms with E-state index in [0.29, 0.717) is 0 Å². The Bertz CT molecular complexity index is 737. The second kappa shape index (κ2) is 6.20. The molecule has 0 saturated carbocycles. The smallest absolute Gasteiger partial charge is 0.209 e. The molecule has 0 bridgehead atoms. The van der Waals surface area contributed by atoms with E-state index in [0.717, 1.165) is 37.4 Å². The van der Waals surface area contributed by atoms with E-state index in [1.807, 2.05) is 13.1 Å². The second-order valence-corrected chi connectivity index (χ2v) is 7.42. The van der Waals surface area contributed by atoms with E-state index in [2.05, 4.69) is 30.5 Å². The summed E-state index contributed by atoms with van der Waals surface area (Å²) in [6, 6.07) is 6.25. The van der Waals surface area contributed by atoms with Crippen LogP contribution in [0.15, 0.2) is 18.2 Å². The van der Waals surface area contributed by atoms with E-state index >= 15 is 0 Å². The van der Waals surface area contributed by atoms with Crippen LogP contribution in [-0.4, -0.2) is 29.5 Å². The third-order valence-corrected chi connectivity index (χ3v) is 5.60. The van der Waals surface area contributed by atoms with Gasteiger partial charge in [-0.1, -0.05) is 18.5 Å². The summed E-state index contributed by atoms with van der Waals surface area (Å²) in [6.07, 6.45) is 5.42. The van der Waals surface area contributed by atoms with Gasteiger partial charge in [-0.2, -0.15) is 0 Å². The van der Waals surface area contributed by atoms with Crippen LogP contribution in [0.2, 0.25) is 5.02 Å². The summed E-state index contributed by atoms with van der Waals surface area (Å²) in [5, 5.41) is 2.12. The topological polar surface area (TPSA) is 25.2 Å². The highest BCUT2D eigenvalue weighted by atomic mass is 35.5. The van der Waals surface area contributed by atoms with Crippen molar-refractivity contribution >= 4 is 28.9 Å². The maximum atomic E-state index is 10.9. The molecule has 1 aliphatic carbocycles. The summed E-state index contributed by atoms with van der Waals surface area (Å²) in [6.45, 7) is 6.33. The third kappa shape index (κ3) is 2.76. The fourth-order valence-electron chi connectivity index (χ4n) is 4.16. The van der Waals surface area contributed by atoms with Crippen LogP contribution in [0.5, 0.6) is 0 Å². The van der Waals surface area contributed by atoms with Gasteiger partial charge in [0.05, 0.1) is 0 Å². The van der Waals surface area contributed by atoms with E-state index in [9.17, 15) is 4.79 Å². The average Bonchev–Trinajstić information content (AvgIpc) is 2.87. The summed E-state index contributed by atoms with van der Waals surface area (Å²) < 4.78 is 2.46. The Morgan fingerprint density at radius 1 is 1.43 bits per heavy atom. The molecule has 0 spiro atoms. The van der Waals surface area contributed by atoms with Gasteiger partial charge < -0.3 is 9.47 Å². The van der Waals surface area contributed by atoms with Crippen LogP contribution in [0.1, 0.15) is 44.4 Å². The molecule has 2 aromatic rings. The molecule has 0 N–H and O–H groups in total. The Morgan fingerprint density at radius 2 is 2.22 bits per heavy atom. The van der Waals surface area contributed by atoms with Gasteiger partial charge in [-0.15, -0.1) is 0 Å². The van der Waals surface area contributed by atoms with Gasteiger partial charge in [0, 0.05) is 47.2 Å². The summed E-state index contributed by atoms with van der Waals surface area (Å²) in [5.41, 5.74) is 4.33. The molecule has 4 heteroatoms. The standard InChI is InChI=1S/C19H25ClN2O/c1-4-22-17-8-7-14(20)12-16(17)15-6-5-9-19(2,18(15)22)10-11-21(3)13-23/h7-8,12-13H,4-6,9-11H2,1-3H3. The largest absolute Gasteiger partial charge is 0.348 e. The first-order valence-corrected chi connectivity index (χ1v) is 8.84. The third-order valence-electron chi connectivity index (χ3n) is 5.37. The minimum atomic E-state index is 0.117. The maximum Gasteiger partial charge on any atom is 0.209 e. The van der Waals surface area contributed by atoms with Crippen LogP contribution in [0.25, 0.3) is 10.9 Å².